The first kappa shape index (κ1) is 20.0. The van der Waals surface area contributed by atoms with Gasteiger partial charge in [-0.25, -0.2) is 4.79 Å². The van der Waals surface area contributed by atoms with Crippen LogP contribution in [0.25, 0.3) is 0 Å². The van der Waals surface area contributed by atoms with Gasteiger partial charge in [0.25, 0.3) is 0 Å². The van der Waals surface area contributed by atoms with Crippen LogP contribution in [0, 0.1) is 0 Å². The average molecular weight is 358 g/mol. The molecule has 0 fully saturated rings. The van der Waals surface area contributed by atoms with Crippen molar-refractivity contribution in [1.82, 2.24) is 20.4 Å². The summed E-state index contributed by atoms with van der Waals surface area (Å²) in [6.07, 6.45) is 2.45. The highest BCUT2D eigenvalue weighted by Crippen LogP contribution is 2.17. The maximum absolute atomic E-state index is 12.4. The van der Waals surface area contributed by atoms with Crippen molar-refractivity contribution >= 4 is 6.03 Å². The van der Waals surface area contributed by atoms with Crippen molar-refractivity contribution in [2.24, 2.45) is 0 Å². The molecule has 0 spiro atoms. The molecule has 1 aromatic heterocycles. The van der Waals surface area contributed by atoms with E-state index in [9.17, 15) is 4.79 Å². The van der Waals surface area contributed by atoms with Gasteiger partial charge in [-0.3, -0.25) is 4.90 Å². The fourth-order valence-corrected chi connectivity index (χ4v) is 2.94. The number of likely N-dealkylation sites (N-methyl/N-ethyl adjacent to an activating group) is 2. The Morgan fingerprint density at radius 1 is 1.08 bits per heavy atom. The van der Waals surface area contributed by atoms with E-state index in [1.165, 1.54) is 5.56 Å². The Labute approximate surface area is 156 Å². The molecule has 2 rings (SSSR count). The van der Waals surface area contributed by atoms with E-state index in [0.29, 0.717) is 6.54 Å². The summed E-state index contributed by atoms with van der Waals surface area (Å²) in [6.45, 7) is 1.25. The number of carbonyl (C=O) groups is 1. The number of furan rings is 1. The number of nitrogens with zero attached hydrogens (tertiary/aromatic N) is 2. The lowest BCUT2D eigenvalue weighted by atomic mass is 10.1. The van der Waals surface area contributed by atoms with E-state index >= 15 is 0 Å². The smallest absolute Gasteiger partial charge is 0.315 e. The Bertz CT molecular complexity index is 641. The fourth-order valence-electron chi connectivity index (χ4n) is 2.94. The van der Waals surface area contributed by atoms with Gasteiger partial charge in [0.1, 0.15) is 5.76 Å². The lowest BCUT2D eigenvalue weighted by Crippen LogP contribution is -2.48. The normalized spacial score (nSPS) is 13.6. The first-order valence-electron chi connectivity index (χ1n) is 8.88. The molecule has 0 saturated heterocycles. The molecule has 1 heterocycles. The van der Waals surface area contributed by atoms with Crippen molar-refractivity contribution in [1.29, 1.82) is 0 Å². The minimum absolute atomic E-state index is 0.00262. The van der Waals surface area contributed by atoms with Crippen molar-refractivity contribution in [2.75, 3.05) is 41.3 Å². The molecule has 0 radical (unpaired) electrons. The summed E-state index contributed by atoms with van der Waals surface area (Å²) in [7, 11) is 7.96. The van der Waals surface area contributed by atoms with Crippen LogP contribution in [0.15, 0.2) is 53.1 Å². The zero-order chi connectivity index (χ0) is 18.9. The van der Waals surface area contributed by atoms with E-state index < -0.39 is 0 Å². The third kappa shape index (κ3) is 6.54. The van der Waals surface area contributed by atoms with Gasteiger partial charge in [0.15, 0.2) is 0 Å². The van der Waals surface area contributed by atoms with Gasteiger partial charge in [-0.2, -0.15) is 0 Å². The minimum Gasteiger partial charge on any atom is -0.468 e. The van der Waals surface area contributed by atoms with Gasteiger partial charge < -0.3 is 20.0 Å². The Morgan fingerprint density at radius 3 is 2.38 bits per heavy atom. The van der Waals surface area contributed by atoms with E-state index in [2.05, 4.69) is 27.7 Å². The molecule has 1 aromatic carbocycles. The van der Waals surface area contributed by atoms with Gasteiger partial charge in [-0.15, -0.1) is 0 Å². The van der Waals surface area contributed by atoms with Crippen LogP contribution in [0.1, 0.15) is 17.4 Å². The molecule has 2 amide bonds. The highest BCUT2D eigenvalue weighted by atomic mass is 16.3. The zero-order valence-corrected chi connectivity index (χ0v) is 16.1. The van der Waals surface area contributed by atoms with Gasteiger partial charge in [0.05, 0.1) is 12.3 Å². The molecular weight excluding hydrogens is 328 g/mol. The molecule has 6 heteroatoms. The van der Waals surface area contributed by atoms with Crippen LogP contribution in [0.4, 0.5) is 4.79 Å². The number of hydrogen-bond acceptors (Lipinski definition) is 4. The number of carbonyl (C=O) groups excluding carboxylic acids is 1. The quantitative estimate of drug-likeness (QED) is 0.722. The molecule has 26 heavy (non-hydrogen) atoms. The molecule has 0 aliphatic carbocycles. The van der Waals surface area contributed by atoms with Crippen LogP contribution in [0.5, 0.6) is 0 Å². The lowest BCUT2D eigenvalue weighted by Gasteiger charge is -2.25. The first-order valence-corrected chi connectivity index (χ1v) is 8.88. The summed E-state index contributed by atoms with van der Waals surface area (Å²) in [5, 5.41) is 6.07. The molecule has 2 aromatic rings. The van der Waals surface area contributed by atoms with Crippen LogP contribution in [-0.4, -0.2) is 63.2 Å². The summed E-state index contributed by atoms with van der Waals surface area (Å²) in [4.78, 5) is 16.5. The standard InChI is InChI=1S/C20H30N4O2/c1-23(2)15-17(13-16-9-6-5-7-10-16)22-20(25)21-14-18(24(3)4)19-11-8-12-26-19/h5-12,17-18H,13-15H2,1-4H3,(H2,21,22,25). The van der Waals surface area contributed by atoms with E-state index in [4.69, 9.17) is 4.42 Å². The van der Waals surface area contributed by atoms with Gasteiger partial charge >= 0.3 is 6.03 Å². The van der Waals surface area contributed by atoms with E-state index in [0.717, 1.165) is 18.7 Å². The lowest BCUT2D eigenvalue weighted by molar-refractivity contribution is 0.219. The largest absolute Gasteiger partial charge is 0.468 e. The fraction of sp³-hybridized carbons (Fsp3) is 0.450. The number of amides is 2. The first-order chi connectivity index (χ1) is 12.5. The molecule has 2 unspecified atom stereocenters. The van der Waals surface area contributed by atoms with Gasteiger partial charge in [0, 0.05) is 19.1 Å². The van der Waals surface area contributed by atoms with E-state index in [-0.39, 0.29) is 18.1 Å². The molecular formula is C20H30N4O2. The van der Waals surface area contributed by atoms with Crippen LogP contribution in [0.3, 0.4) is 0 Å². The molecule has 0 aliphatic rings. The Morgan fingerprint density at radius 2 is 1.81 bits per heavy atom. The van der Waals surface area contributed by atoms with E-state index in [1.54, 1.807) is 6.26 Å². The SMILES string of the molecule is CN(C)CC(Cc1ccccc1)NC(=O)NCC(c1ccco1)N(C)C. The Hall–Kier alpha value is -2.31. The number of nitrogens with one attached hydrogen (secondary N) is 2. The van der Waals surface area contributed by atoms with Crippen LogP contribution < -0.4 is 10.6 Å². The number of urea groups is 1. The summed E-state index contributed by atoms with van der Waals surface area (Å²) in [5.74, 6) is 0.837. The highest BCUT2D eigenvalue weighted by molar-refractivity contribution is 5.74. The predicted octanol–water partition coefficient (Wildman–Crippen LogP) is 2.35. The third-order valence-corrected chi connectivity index (χ3v) is 4.20. The summed E-state index contributed by atoms with van der Waals surface area (Å²) >= 11 is 0. The molecule has 0 aliphatic heterocycles. The van der Waals surface area contributed by atoms with Gasteiger partial charge in [-0.05, 0) is 52.3 Å². The average Bonchev–Trinajstić information content (AvgIpc) is 3.09. The molecule has 0 saturated carbocycles. The molecule has 142 valence electrons. The monoisotopic (exact) mass is 358 g/mol. The highest BCUT2D eigenvalue weighted by Gasteiger charge is 2.19. The van der Waals surface area contributed by atoms with Crippen molar-refractivity contribution in [3.05, 3.63) is 60.1 Å². The Kier molecular flexibility index (Phi) is 7.69. The minimum atomic E-state index is -0.161. The Balaban J connectivity index is 1.91. The maximum Gasteiger partial charge on any atom is 0.315 e. The maximum atomic E-state index is 12.4. The zero-order valence-electron chi connectivity index (χ0n) is 16.1. The second-order valence-corrected chi connectivity index (χ2v) is 7.00. The summed E-state index contributed by atoms with van der Waals surface area (Å²) in [5.41, 5.74) is 1.21. The van der Waals surface area contributed by atoms with E-state index in [1.807, 2.05) is 63.4 Å². The van der Waals surface area contributed by atoms with Crippen LogP contribution in [0.2, 0.25) is 0 Å². The van der Waals surface area contributed by atoms with Gasteiger partial charge in [0.2, 0.25) is 0 Å². The molecule has 2 atom stereocenters. The molecule has 6 nitrogen and oxygen atoms in total. The summed E-state index contributed by atoms with van der Waals surface area (Å²) < 4.78 is 5.48. The van der Waals surface area contributed by atoms with Gasteiger partial charge in [-0.1, -0.05) is 30.3 Å². The topological polar surface area (TPSA) is 60.8 Å². The van der Waals surface area contributed by atoms with Crippen molar-refractivity contribution in [3.63, 3.8) is 0 Å². The second-order valence-electron chi connectivity index (χ2n) is 7.00. The van der Waals surface area contributed by atoms with Crippen LogP contribution >= 0.6 is 0 Å². The third-order valence-electron chi connectivity index (χ3n) is 4.20. The number of benzene rings is 1. The van der Waals surface area contributed by atoms with Crippen molar-refractivity contribution in [3.8, 4) is 0 Å². The number of hydrogen-bond donors (Lipinski definition) is 2. The van der Waals surface area contributed by atoms with Crippen LogP contribution in [-0.2, 0) is 6.42 Å². The second kappa shape index (κ2) is 9.99. The van der Waals surface area contributed by atoms with Crippen molar-refractivity contribution < 1.29 is 9.21 Å². The van der Waals surface area contributed by atoms with Crippen molar-refractivity contribution in [2.45, 2.75) is 18.5 Å². The number of rotatable bonds is 9. The summed E-state index contributed by atoms with van der Waals surface area (Å²) in [6, 6.07) is 13.9. The predicted molar refractivity (Wildman–Crippen MR) is 104 cm³/mol. The molecule has 2 N–H and O–H groups in total. The molecule has 0 bridgehead atoms.